The maximum Gasteiger partial charge on any atom is 0.419 e. The highest BCUT2D eigenvalue weighted by Crippen LogP contribution is 2.52. The van der Waals surface area contributed by atoms with E-state index in [4.69, 9.17) is 4.74 Å². The van der Waals surface area contributed by atoms with Gasteiger partial charge in [-0.05, 0) is 37.5 Å². The van der Waals surface area contributed by atoms with Crippen LogP contribution in [0, 0.1) is 0 Å². The van der Waals surface area contributed by atoms with E-state index in [1.807, 2.05) is 0 Å². The first-order chi connectivity index (χ1) is 8.31. The molecule has 0 saturated heterocycles. The molecular formula is C13H15F3O2. The zero-order valence-corrected chi connectivity index (χ0v) is 10.2. The molecule has 1 saturated carbocycles. The molecule has 0 spiro atoms. The largest absolute Gasteiger partial charge is 0.496 e. The van der Waals surface area contributed by atoms with Gasteiger partial charge in [-0.2, -0.15) is 13.2 Å². The fourth-order valence-electron chi connectivity index (χ4n) is 2.32. The van der Waals surface area contributed by atoms with Crippen LogP contribution >= 0.6 is 0 Å². The Bertz CT molecular complexity index is 448. The van der Waals surface area contributed by atoms with Crippen LogP contribution in [0.1, 0.15) is 30.9 Å². The predicted molar refractivity (Wildman–Crippen MR) is 60.6 cm³/mol. The molecule has 1 aliphatic rings. The van der Waals surface area contributed by atoms with Crippen LogP contribution in [0.4, 0.5) is 13.2 Å². The van der Waals surface area contributed by atoms with Crippen molar-refractivity contribution in [1.29, 1.82) is 0 Å². The van der Waals surface area contributed by atoms with Crippen LogP contribution in [0.25, 0.3) is 0 Å². The number of aliphatic hydroxyl groups excluding tert-OH is 1. The quantitative estimate of drug-likeness (QED) is 0.904. The Kier molecular flexibility index (Phi) is 3.05. The molecule has 1 atom stereocenters. The Labute approximate surface area is 103 Å². The average molecular weight is 260 g/mol. The monoisotopic (exact) mass is 260 g/mol. The van der Waals surface area contributed by atoms with E-state index < -0.39 is 23.3 Å². The minimum absolute atomic E-state index is 0.188. The summed E-state index contributed by atoms with van der Waals surface area (Å²) in [6.07, 6.45) is -3.41. The Balaban J connectivity index is 2.43. The lowest BCUT2D eigenvalue weighted by Crippen LogP contribution is -2.22. The Morgan fingerprint density at radius 2 is 1.94 bits per heavy atom. The highest BCUT2D eigenvalue weighted by Gasteiger charge is 2.49. The Morgan fingerprint density at radius 1 is 1.33 bits per heavy atom. The fourth-order valence-corrected chi connectivity index (χ4v) is 2.32. The minimum Gasteiger partial charge on any atom is -0.496 e. The second-order valence-corrected chi connectivity index (χ2v) is 4.74. The molecule has 18 heavy (non-hydrogen) atoms. The van der Waals surface area contributed by atoms with Gasteiger partial charge in [-0.25, -0.2) is 0 Å². The van der Waals surface area contributed by atoms with Gasteiger partial charge < -0.3 is 9.84 Å². The first-order valence-corrected chi connectivity index (χ1v) is 5.75. The zero-order chi connectivity index (χ0) is 13.6. The van der Waals surface area contributed by atoms with Crippen LogP contribution < -0.4 is 4.74 Å². The first kappa shape index (κ1) is 13.2. The van der Waals surface area contributed by atoms with Crippen LogP contribution in [0.3, 0.4) is 0 Å². The molecule has 0 bridgehead atoms. The van der Waals surface area contributed by atoms with E-state index in [1.165, 1.54) is 19.2 Å². The van der Waals surface area contributed by atoms with Gasteiger partial charge in [0.1, 0.15) is 5.75 Å². The lowest BCUT2D eigenvalue weighted by molar-refractivity contribution is -0.138. The lowest BCUT2D eigenvalue weighted by Gasteiger charge is -2.21. The van der Waals surface area contributed by atoms with E-state index in [9.17, 15) is 18.3 Å². The van der Waals surface area contributed by atoms with E-state index in [0.717, 1.165) is 18.9 Å². The normalized spacial score (nSPS) is 19.4. The molecule has 1 aromatic carbocycles. The molecule has 0 amide bonds. The van der Waals surface area contributed by atoms with Crippen LogP contribution in [-0.4, -0.2) is 18.3 Å². The smallest absolute Gasteiger partial charge is 0.419 e. The van der Waals surface area contributed by atoms with Gasteiger partial charge in [-0.3, -0.25) is 0 Å². The highest BCUT2D eigenvalue weighted by molar-refractivity contribution is 5.44. The molecule has 0 heterocycles. The molecular weight excluding hydrogens is 245 g/mol. The molecule has 1 aliphatic carbocycles. The van der Waals surface area contributed by atoms with Gasteiger partial charge in [0.25, 0.3) is 0 Å². The molecule has 2 nitrogen and oxygen atoms in total. The maximum atomic E-state index is 12.7. The van der Waals surface area contributed by atoms with Crippen LogP contribution in [0.2, 0.25) is 0 Å². The molecule has 1 N–H and O–H groups in total. The molecule has 0 radical (unpaired) electrons. The maximum absolute atomic E-state index is 12.7. The lowest BCUT2D eigenvalue weighted by atomic mass is 9.90. The van der Waals surface area contributed by atoms with Gasteiger partial charge in [-0.1, -0.05) is 6.07 Å². The topological polar surface area (TPSA) is 29.5 Å². The summed E-state index contributed by atoms with van der Waals surface area (Å²) in [5.41, 5.74) is -0.463. The van der Waals surface area contributed by atoms with Gasteiger partial charge in [0.15, 0.2) is 0 Å². The number of rotatable bonds is 3. The second kappa shape index (κ2) is 4.16. The van der Waals surface area contributed by atoms with E-state index in [2.05, 4.69) is 0 Å². The van der Waals surface area contributed by atoms with Crippen molar-refractivity contribution in [3.05, 3.63) is 29.3 Å². The van der Waals surface area contributed by atoms with Gasteiger partial charge in [-0.15, -0.1) is 0 Å². The molecule has 0 aliphatic heterocycles. The number of ether oxygens (including phenoxy) is 1. The van der Waals surface area contributed by atoms with E-state index >= 15 is 0 Å². The minimum atomic E-state index is -4.43. The number of aliphatic hydroxyl groups is 1. The predicted octanol–water partition coefficient (Wildman–Crippen LogP) is 3.13. The second-order valence-electron chi connectivity index (χ2n) is 4.74. The van der Waals surface area contributed by atoms with Crippen LogP contribution in [-0.2, 0) is 11.6 Å². The number of hydrogen-bond acceptors (Lipinski definition) is 2. The summed E-state index contributed by atoms with van der Waals surface area (Å²) in [5.74, 6) is -0.188. The number of halogens is 3. The van der Waals surface area contributed by atoms with E-state index in [0.29, 0.717) is 5.56 Å². The van der Waals surface area contributed by atoms with Gasteiger partial charge in [0.05, 0.1) is 18.8 Å². The standard InChI is InChI=1S/C13H15F3O2/c1-8(17)12(5-6-12)9-3-4-10(13(14,15)16)11(7-9)18-2/h3-4,7-8,17H,5-6H2,1-2H3. The van der Waals surface area contributed by atoms with Gasteiger partial charge in [0, 0.05) is 5.41 Å². The molecule has 0 aromatic heterocycles. The van der Waals surface area contributed by atoms with Crippen molar-refractivity contribution in [2.45, 2.75) is 37.5 Å². The van der Waals surface area contributed by atoms with Crippen molar-refractivity contribution in [2.75, 3.05) is 7.11 Å². The number of alkyl halides is 3. The van der Waals surface area contributed by atoms with Crippen molar-refractivity contribution < 1.29 is 23.0 Å². The summed E-state index contributed by atoms with van der Waals surface area (Å²) in [6, 6.07) is 3.85. The van der Waals surface area contributed by atoms with Crippen molar-refractivity contribution in [1.82, 2.24) is 0 Å². The molecule has 1 aromatic rings. The summed E-state index contributed by atoms with van der Waals surface area (Å²) in [6.45, 7) is 1.66. The number of benzene rings is 1. The Morgan fingerprint density at radius 3 is 2.33 bits per heavy atom. The van der Waals surface area contributed by atoms with Crippen molar-refractivity contribution in [3.63, 3.8) is 0 Å². The third kappa shape index (κ3) is 2.07. The van der Waals surface area contributed by atoms with Crippen molar-refractivity contribution in [3.8, 4) is 5.75 Å². The summed E-state index contributed by atoms with van der Waals surface area (Å²) in [4.78, 5) is 0. The number of methoxy groups -OCH3 is 1. The summed E-state index contributed by atoms with van der Waals surface area (Å²) < 4.78 is 42.9. The molecule has 1 unspecified atom stereocenters. The van der Waals surface area contributed by atoms with Crippen LogP contribution in [0.5, 0.6) is 5.75 Å². The SMILES string of the molecule is COc1cc(C2(C(C)O)CC2)ccc1C(F)(F)F. The summed E-state index contributed by atoms with van der Waals surface area (Å²) in [5, 5.41) is 9.73. The molecule has 100 valence electrons. The van der Waals surface area contributed by atoms with Gasteiger partial charge in [0.2, 0.25) is 0 Å². The fraction of sp³-hybridized carbons (Fsp3) is 0.538. The average Bonchev–Trinajstić information content (AvgIpc) is 3.08. The Hall–Kier alpha value is -1.23. The zero-order valence-electron chi connectivity index (χ0n) is 10.2. The molecule has 2 rings (SSSR count). The van der Waals surface area contributed by atoms with E-state index in [1.54, 1.807) is 6.92 Å². The molecule has 5 heteroatoms. The van der Waals surface area contributed by atoms with Gasteiger partial charge >= 0.3 is 6.18 Å². The number of hydrogen-bond donors (Lipinski definition) is 1. The van der Waals surface area contributed by atoms with E-state index in [-0.39, 0.29) is 5.75 Å². The first-order valence-electron chi connectivity index (χ1n) is 5.75. The van der Waals surface area contributed by atoms with Crippen molar-refractivity contribution in [2.24, 2.45) is 0 Å². The highest BCUT2D eigenvalue weighted by atomic mass is 19.4. The van der Waals surface area contributed by atoms with Crippen LogP contribution in [0.15, 0.2) is 18.2 Å². The summed E-state index contributed by atoms with van der Waals surface area (Å²) >= 11 is 0. The third-order valence-electron chi connectivity index (χ3n) is 3.67. The van der Waals surface area contributed by atoms with Crippen molar-refractivity contribution >= 4 is 0 Å². The summed E-state index contributed by atoms with van der Waals surface area (Å²) in [7, 11) is 1.22. The molecule has 1 fully saturated rings. The third-order valence-corrected chi connectivity index (χ3v) is 3.67.